The molecule has 3 heterocycles. The summed E-state index contributed by atoms with van der Waals surface area (Å²) in [6.07, 6.45) is 0.278. The second kappa shape index (κ2) is 5.23. The van der Waals surface area contributed by atoms with Gasteiger partial charge < -0.3 is 9.72 Å². The maximum absolute atomic E-state index is 12.4. The van der Waals surface area contributed by atoms with Crippen molar-refractivity contribution in [2.75, 3.05) is 0 Å². The number of nitrogens with one attached hydrogen (secondary N) is 1. The van der Waals surface area contributed by atoms with Crippen LogP contribution in [0.2, 0.25) is 0 Å². The van der Waals surface area contributed by atoms with Gasteiger partial charge in [0.15, 0.2) is 0 Å². The molecule has 0 saturated heterocycles. The molecule has 0 aliphatic heterocycles. The lowest BCUT2D eigenvalue weighted by Crippen LogP contribution is -2.16. The Labute approximate surface area is 133 Å². The van der Waals surface area contributed by atoms with Crippen LogP contribution in [0.1, 0.15) is 0 Å². The van der Waals surface area contributed by atoms with Crippen molar-refractivity contribution >= 4 is 21.8 Å². The molecule has 4 rings (SSSR count). The Morgan fingerprint density at radius 1 is 0.958 bits per heavy atom. The summed E-state index contributed by atoms with van der Waals surface area (Å²) in [5.74, 6) is -0.254. The molecule has 4 nitrogen and oxygen atoms in total. The number of fused-ring (bicyclic) bond motifs is 3. The molecule has 0 fully saturated rings. The van der Waals surface area contributed by atoms with Crippen molar-refractivity contribution in [2.45, 2.75) is 6.36 Å². The van der Waals surface area contributed by atoms with E-state index in [-0.39, 0.29) is 5.75 Å². The van der Waals surface area contributed by atoms with E-state index in [9.17, 15) is 13.2 Å². The molecule has 0 aliphatic carbocycles. The van der Waals surface area contributed by atoms with Crippen LogP contribution in [0.15, 0.2) is 55.0 Å². The molecule has 0 bridgehead atoms. The third-order valence-corrected chi connectivity index (χ3v) is 3.65. The third kappa shape index (κ3) is 2.64. The van der Waals surface area contributed by atoms with Crippen molar-refractivity contribution in [3.8, 4) is 17.0 Å². The SMILES string of the molecule is FC(F)(F)Oc1ccc2[nH]c3cnc(-c4cccnc4)cc3c2c1. The van der Waals surface area contributed by atoms with Crippen LogP contribution >= 0.6 is 0 Å². The normalized spacial score (nSPS) is 12.0. The molecule has 0 amide bonds. The van der Waals surface area contributed by atoms with Gasteiger partial charge >= 0.3 is 6.36 Å². The van der Waals surface area contributed by atoms with Gasteiger partial charge in [0.25, 0.3) is 0 Å². The molecule has 4 aromatic rings. The van der Waals surface area contributed by atoms with E-state index in [0.717, 1.165) is 16.5 Å². The summed E-state index contributed by atoms with van der Waals surface area (Å²) < 4.78 is 41.3. The largest absolute Gasteiger partial charge is 0.573 e. The number of halogens is 3. The number of aromatic nitrogens is 3. The van der Waals surface area contributed by atoms with Crippen molar-refractivity contribution in [2.24, 2.45) is 0 Å². The van der Waals surface area contributed by atoms with Crippen molar-refractivity contribution in [1.82, 2.24) is 15.0 Å². The monoisotopic (exact) mass is 329 g/mol. The smallest absolute Gasteiger partial charge is 0.406 e. The number of H-pyrrole nitrogens is 1. The first-order valence-corrected chi connectivity index (χ1v) is 7.07. The number of hydrogen-bond acceptors (Lipinski definition) is 3. The van der Waals surface area contributed by atoms with Crippen LogP contribution in [-0.4, -0.2) is 21.3 Å². The minimum atomic E-state index is -4.72. The molecular weight excluding hydrogens is 319 g/mol. The summed E-state index contributed by atoms with van der Waals surface area (Å²) in [6.45, 7) is 0. The average molecular weight is 329 g/mol. The number of rotatable bonds is 2. The molecule has 24 heavy (non-hydrogen) atoms. The standard InChI is InChI=1S/C17H10F3N3O/c18-17(19,20)24-11-3-4-14-12(6-11)13-7-15(22-9-16(13)23-14)10-2-1-5-21-8-10/h1-9,23H. The van der Waals surface area contributed by atoms with Crippen molar-refractivity contribution in [3.63, 3.8) is 0 Å². The van der Waals surface area contributed by atoms with E-state index in [1.807, 2.05) is 12.1 Å². The predicted octanol–water partition coefficient (Wildman–Crippen LogP) is 4.68. The molecule has 3 aromatic heterocycles. The van der Waals surface area contributed by atoms with Gasteiger partial charge in [0.05, 0.1) is 17.4 Å². The molecular formula is C17H10F3N3O. The second-order valence-corrected chi connectivity index (χ2v) is 5.24. The van der Waals surface area contributed by atoms with E-state index in [0.29, 0.717) is 16.6 Å². The summed E-state index contributed by atoms with van der Waals surface area (Å²) in [5, 5.41) is 1.41. The van der Waals surface area contributed by atoms with Crippen molar-refractivity contribution < 1.29 is 17.9 Å². The summed E-state index contributed by atoms with van der Waals surface area (Å²) in [7, 11) is 0. The third-order valence-electron chi connectivity index (χ3n) is 3.65. The number of hydrogen-bond donors (Lipinski definition) is 1. The first kappa shape index (κ1) is 14.5. The Morgan fingerprint density at radius 2 is 1.79 bits per heavy atom. The number of pyridine rings is 2. The number of alkyl halides is 3. The molecule has 7 heteroatoms. The van der Waals surface area contributed by atoms with Gasteiger partial charge in [0.1, 0.15) is 5.75 Å². The van der Waals surface area contributed by atoms with Crippen LogP contribution < -0.4 is 4.74 Å². The van der Waals surface area contributed by atoms with E-state index in [1.54, 1.807) is 30.7 Å². The van der Waals surface area contributed by atoms with Crippen molar-refractivity contribution in [1.29, 1.82) is 0 Å². The van der Waals surface area contributed by atoms with Crippen LogP contribution in [0.5, 0.6) is 5.75 Å². The maximum atomic E-state index is 12.4. The quantitative estimate of drug-likeness (QED) is 0.581. The zero-order chi connectivity index (χ0) is 16.7. The van der Waals surface area contributed by atoms with Crippen LogP contribution in [0, 0.1) is 0 Å². The van der Waals surface area contributed by atoms with E-state index in [2.05, 4.69) is 19.7 Å². The minimum Gasteiger partial charge on any atom is -0.406 e. The van der Waals surface area contributed by atoms with Gasteiger partial charge in [-0.3, -0.25) is 9.97 Å². The summed E-state index contributed by atoms with van der Waals surface area (Å²) >= 11 is 0. The minimum absolute atomic E-state index is 0.254. The number of benzene rings is 1. The molecule has 120 valence electrons. The summed E-state index contributed by atoms with van der Waals surface area (Å²) in [5.41, 5.74) is 2.97. The van der Waals surface area contributed by atoms with Gasteiger partial charge in [0, 0.05) is 34.2 Å². The van der Waals surface area contributed by atoms with E-state index in [4.69, 9.17) is 0 Å². The highest BCUT2D eigenvalue weighted by Crippen LogP contribution is 2.32. The zero-order valence-electron chi connectivity index (χ0n) is 12.1. The Hall–Kier alpha value is -3.09. The second-order valence-electron chi connectivity index (χ2n) is 5.24. The number of ether oxygens (including phenoxy) is 1. The van der Waals surface area contributed by atoms with E-state index >= 15 is 0 Å². The molecule has 1 aromatic carbocycles. The molecule has 0 saturated carbocycles. The van der Waals surface area contributed by atoms with Crippen LogP contribution in [0.25, 0.3) is 33.1 Å². The van der Waals surface area contributed by atoms with Gasteiger partial charge in [-0.1, -0.05) is 0 Å². The lowest BCUT2D eigenvalue weighted by Gasteiger charge is -2.08. The van der Waals surface area contributed by atoms with Crippen LogP contribution in [0.3, 0.4) is 0 Å². The molecule has 0 atom stereocenters. The van der Waals surface area contributed by atoms with E-state index in [1.165, 1.54) is 12.1 Å². The zero-order valence-corrected chi connectivity index (χ0v) is 12.1. The Bertz CT molecular complexity index is 1030. The lowest BCUT2D eigenvalue weighted by atomic mass is 10.1. The molecule has 0 spiro atoms. The Kier molecular flexibility index (Phi) is 3.16. The predicted molar refractivity (Wildman–Crippen MR) is 83.5 cm³/mol. The number of nitrogens with zero attached hydrogens (tertiary/aromatic N) is 2. The highest BCUT2D eigenvalue weighted by Gasteiger charge is 2.31. The van der Waals surface area contributed by atoms with Gasteiger partial charge in [0.2, 0.25) is 0 Å². The van der Waals surface area contributed by atoms with Gasteiger partial charge in [-0.05, 0) is 36.4 Å². The maximum Gasteiger partial charge on any atom is 0.573 e. The Morgan fingerprint density at radius 3 is 2.54 bits per heavy atom. The van der Waals surface area contributed by atoms with Gasteiger partial charge in [-0.15, -0.1) is 13.2 Å². The first-order valence-electron chi connectivity index (χ1n) is 7.07. The van der Waals surface area contributed by atoms with Gasteiger partial charge in [-0.2, -0.15) is 0 Å². The van der Waals surface area contributed by atoms with Crippen LogP contribution in [0.4, 0.5) is 13.2 Å². The topological polar surface area (TPSA) is 50.8 Å². The fourth-order valence-electron chi connectivity index (χ4n) is 2.65. The van der Waals surface area contributed by atoms with Crippen LogP contribution in [-0.2, 0) is 0 Å². The molecule has 0 unspecified atom stereocenters. The highest BCUT2D eigenvalue weighted by atomic mass is 19.4. The summed E-state index contributed by atoms with van der Waals surface area (Å²) in [6, 6.07) is 9.69. The Balaban J connectivity index is 1.88. The fourth-order valence-corrected chi connectivity index (χ4v) is 2.65. The first-order chi connectivity index (χ1) is 11.5. The van der Waals surface area contributed by atoms with Gasteiger partial charge in [-0.25, -0.2) is 0 Å². The average Bonchev–Trinajstić information content (AvgIpc) is 2.91. The van der Waals surface area contributed by atoms with E-state index < -0.39 is 6.36 Å². The highest BCUT2D eigenvalue weighted by molar-refractivity contribution is 6.08. The molecule has 0 aliphatic rings. The number of aromatic amines is 1. The molecule has 1 N–H and O–H groups in total. The van der Waals surface area contributed by atoms with Crippen molar-refractivity contribution in [3.05, 3.63) is 55.0 Å². The lowest BCUT2D eigenvalue weighted by molar-refractivity contribution is -0.274. The fraction of sp³-hybridized carbons (Fsp3) is 0.0588. The molecule has 0 radical (unpaired) electrons. The summed E-state index contributed by atoms with van der Waals surface area (Å²) in [4.78, 5) is 11.6.